The Bertz CT molecular complexity index is 912. The number of fused-ring (bicyclic) bond motifs is 1. The monoisotopic (exact) mass is 384 g/mol. The van der Waals surface area contributed by atoms with Gasteiger partial charge in [0.2, 0.25) is 0 Å². The molecule has 0 aliphatic carbocycles. The number of thiocarbonyl (C=S) groups is 1. The Hall–Kier alpha value is -2.33. The lowest BCUT2D eigenvalue weighted by Gasteiger charge is -2.11. The Morgan fingerprint density at radius 2 is 1.73 bits per heavy atom. The van der Waals surface area contributed by atoms with Crippen LogP contribution in [0.5, 0.6) is 5.75 Å². The van der Waals surface area contributed by atoms with E-state index >= 15 is 0 Å². The molecule has 2 unspecified atom stereocenters. The van der Waals surface area contributed by atoms with Gasteiger partial charge in [-0.3, -0.25) is 0 Å². The SMILES string of the molecule is CC(N[P+](=O)Oc1cccc2ccccc12)C(=S)OCc1ccccc1. The molecule has 3 aromatic carbocycles. The molecule has 1 N–H and O–H groups in total. The Labute approximate surface area is 159 Å². The van der Waals surface area contributed by atoms with Crippen LogP contribution in [0.4, 0.5) is 0 Å². The molecular formula is C20H19NO3PS+. The number of hydrogen-bond acceptors (Lipinski definition) is 4. The fraction of sp³-hybridized carbons (Fsp3) is 0.150. The van der Waals surface area contributed by atoms with E-state index in [2.05, 4.69) is 5.09 Å². The van der Waals surface area contributed by atoms with E-state index in [0.717, 1.165) is 16.3 Å². The van der Waals surface area contributed by atoms with Crippen LogP contribution in [0.25, 0.3) is 10.8 Å². The van der Waals surface area contributed by atoms with Gasteiger partial charge in [-0.25, -0.2) is 4.52 Å². The third kappa shape index (κ3) is 4.85. The summed E-state index contributed by atoms with van der Waals surface area (Å²) >= 11 is 5.27. The van der Waals surface area contributed by atoms with Gasteiger partial charge in [-0.15, -0.1) is 0 Å². The van der Waals surface area contributed by atoms with E-state index in [-0.39, 0.29) is 6.04 Å². The van der Waals surface area contributed by atoms with Crippen molar-refractivity contribution in [3.8, 4) is 5.75 Å². The van der Waals surface area contributed by atoms with Crippen molar-refractivity contribution in [1.82, 2.24) is 5.09 Å². The van der Waals surface area contributed by atoms with Crippen LogP contribution in [-0.2, 0) is 15.9 Å². The Kier molecular flexibility index (Phi) is 6.29. The zero-order chi connectivity index (χ0) is 18.4. The molecule has 0 amide bonds. The summed E-state index contributed by atoms with van der Waals surface area (Å²) in [5, 5.41) is 5.14. The molecule has 6 heteroatoms. The molecule has 0 aliphatic rings. The lowest BCUT2D eigenvalue weighted by Crippen LogP contribution is -2.30. The molecule has 132 valence electrons. The molecule has 0 aliphatic heterocycles. The van der Waals surface area contributed by atoms with Gasteiger partial charge < -0.3 is 4.74 Å². The standard InChI is InChI=1S/C20H19NO3PS/c1-15(20(26)23-14-16-8-3-2-4-9-16)21-25(22)24-19-13-7-11-17-10-5-6-12-18(17)19/h2-13,15H,14H2,1H3,(H,21,22)/q+1. The molecule has 0 bridgehead atoms. The zero-order valence-electron chi connectivity index (χ0n) is 14.3. The van der Waals surface area contributed by atoms with E-state index in [1.165, 1.54) is 0 Å². The van der Waals surface area contributed by atoms with Gasteiger partial charge in [0.15, 0.2) is 10.8 Å². The second-order valence-corrected chi connectivity index (χ2v) is 7.13. The van der Waals surface area contributed by atoms with Crippen molar-refractivity contribution >= 4 is 36.2 Å². The maximum atomic E-state index is 12.3. The van der Waals surface area contributed by atoms with Crippen LogP contribution in [-0.4, -0.2) is 11.1 Å². The van der Waals surface area contributed by atoms with Crippen molar-refractivity contribution in [3.63, 3.8) is 0 Å². The fourth-order valence-electron chi connectivity index (χ4n) is 2.46. The highest BCUT2D eigenvalue weighted by Crippen LogP contribution is 2.31. The van der Waals surface area contributed by atoms with Crippen molar-refractivity contribution in [3.05, 3.63) is 78.4 Å². The molecule has 3 aromatic rings. The van der Waals surface area contributed by atoms with Crippen molar-refractivity contribution in [2.75, 3.05) is 0 Å². The largest absolute Gasteiger partial charge is 0.664 e. The summed E-state index contributed by atoms with van der Waals surface area (Å²) in [5.41, 5.74) is 1.03. The first kappa shape index (κ1) is 18.5. The van der Waals surface area contributed by atoms with Crippen molar-refractivity contribution in [2.45, 2.75) is 19.6 Å². The Balaban J connectivity index is 1.56. The molecule has 0 fully saturated rings. The van der Waals surface area contributed by atoms with Crippen LogP contribution in [0, 0.1) is 0 Å². The maximum Gasteiger partial charge on any atom is 0.664 e. The predicted molar refractivity (Wildman–Crippen MR) is 109 cm³/mol. The number of rotatable bonds is 7. The summed E-state index contributed by atoms with van der Waals surface area (Å²) in [4.78, 5) is 0. The highest BCUT2D eigenvalue weighted by Gasteiger charge is 2.27. The van der Waals surface area contributed by atoms with E-state index in [1.807, 2.05) is 66.7 Å². The van der Waals surface area contributed by atoms with Gasteiger partial charge in [-0.1, -0.05) is 71.8 Å². The lowest BCUT2D eigenvalue weighted by atomic mass is 10.1. The van der Waals surface area contributed by atoms with Gasteiger partial charge in [-0.05, 0) is 36.2 Å². The minimum Gasteiger partial charge on any atom is -0.481 e. The third-order valence-corrected chi connectivity index (χ3v) is 5.24. The summed E-state index contributed by atoms with van der Waals surface area (Å²) in [6, 6.07) is 22.8. The number of benzene rings is 3. The van der Waals surface area contributed by atoms with Crippen LogP contribution in [0.1, 0.15) is 12.5 Å². The summed E-state index contributed by atoms with van der Waals surface area (Å²) in [5.74, 6) is 0.569. The highest BCUT2D eigenvalue weighted by atomic mass is 32.1. The van der Waals surface area contributed by atoms with Gasteiger partial charge in [0.1, 0.15) is 12.6 Å². The average Bonchev–Trinajstić information content (AvgIpc) is 2.67. The molecule has 3 rings (SSSR count). The minimum absolute atomic E-state index is 0.346. The molecule has 2 atom stereocenters. The molecule has 0 saturated heterocycles. The number of hydrogen-bond donors (Lipinski definition) is 1. The quantitative estimate of drug-likeness (QED) is 0.437. The molecule has 0 aromatic heterocycles. The topological polar surface area (TPSA) is 47.6 Å². The minimum atomic E-state index is -2.13. The van der Waals surface area contributed by atoms with E-state index < -0.39 is 8.18 Å². The molecular weight excluding hydrogens is 365 g/mol. The highest BCUT2D eigenvalue weighted by molar-refractivity contribution is 7.80. The summed E-state index contributed by atoms with van der Waals surface area (Å²) in [6.07, 6.45) is 0. The first-order chi connectivity index (χ1) is 12.6. The average molecular weight is 384 g/mol. The van der Waals surface area contributed by atoms with Gasteiger partial charge in [-0.2, -0.15) is 0 Å². The second-order valence-electron chi connectivity index (χ2n) is 5.77. The van der Waals surface area contributed by atoms with Crippen LogP contribution >= 0.6 is 20.4 Å². The predicted octanol–water partition coefficient (Wildman–Crippen LogP) is 5.40. The van der Waals surface area contributed by atoms with Crippen LogP contribution in [0.3, 0.4) is 0 Å². The van der Waals surface area contributed by atoms with Gasteiger partial charge >= 0.3 is 8.18 Å². The summed E-state index contributed by atoms with van der Waals surface area (Å²) in [7, 11) is -2.13. The van der Waals surface area contributed by atoms with E-state index in [1.54, 1.807) is 13.0 Å². The first-order valence-corrected chi connectivity index (χ1v) is 9.82. The van der Waals surface area contributed by atoms with Crippen LogP contribution < -0.4 is 9.61 Å². The molecule has 0 heterocycles. The Morgan fingerprint density at radius 1 is 1.04 bits per heavy atom. The van der Waals surface area contributed by atoms with E-state index in [0.29, 0.717) is 17.4 Å². The molecule has 0 saturated carbocycles. The van der Waals surface area contributed by atoms with Crippen LogP contribution in [0.2, 0.25) is 0 Å². The second kappa shape index (κ2) is 8.86. The molecule has 0 spiro atoms. The van der Waals surface area contributed by atoms with Gasteiger partial charge in [0.25, 0.3) is 0 Å². The molecule has 0 radical (unpaired) electrons. The van der Waals surface area contributed by atoms with Crippen molar-refractivity contribution in [2.24, 2.45) is 0 Å². The lowest BCUT2D eigenvalue weighted by molar-refractivity contribution is 0.287. The van der Waals surface area contributed by atoms with Crippen molar-refractivity contribution < 1.29 is 13.8 Å². The Morgan fingerprint density at radius 3 is 2.54 bits per heavy atom. The van der Waals surface area contributed by atoms with E-state index in [9.17, 15) is 4.57 Å². The summed E-state index contributed by atoms with van der Waals surface area (Å²) in [6.45, 7) is 2.18. The number of nitrogens with one attached hydrogen (secondary N) is 1. The fourth-order valence-corrected chi connectivity index (χ4v) is 3.48. The maximum absolute atomic E-state index is 12.3. The summed E-state index contributed by atoms with van der Waals surface area (Å²) < 4.78 is 23.5. The molecule has 26 heavy (non-hydrogen) atoms. The molecule has 4 nitrogen and oxygen atoms in total. The van der Waals surface area contributed by atoms with Crippen LogP contribution in [0.15, 0.2) is 72.8 Å². The number of ether oxygens (including phenoxy) is 1. The van der Waals surface area contributed by atoms with Crippen molar-refractivity contribution in [1.29, 1.82) is 0 Å². The normalized spacial score (nSPS) is 12.4. The zero-order valence-corrected chi connectivity index (χ0v) is 16.0. The van der Waals surface area contributed by atoms with Gasteiger partial charge in [0.05, 0.1) is 0 Å². The first-order valence-electron chi connectivity index (χ1n) is 8.23. The third-order valence-electron chi connectivity index (χ3n) is 3.81. The van der Waals surface area contributed by atoms with Gasteiger partial charge in [0, 0.05) is 9.95 Å². The smallest absolute Gasteiger partial charge is 0.481 e. The van der Waals surface area contributed by atoms with E-state index in [4.69, 9.17) is 21.5 Å².